The summed E-state index contributed by atoms with van der Waals surface area (Å²) < 4.78 is 22.7. The average molecular weight is 270 g/mol. The normalized spacial score (nSPS) is 19.4. The van der Waals surface area contributed by atoms with E-state index in [2.05, 4.69) is 20.6 Å². The molecule has 2 rings (SSSR count). The molecule has 100 valence electrons. The predicted molar refractivity (Wildman–Crippen MR) is 71.6 cm³/mol. The lowest BCUT2D eigenvalue weighted by Gasteiger charge is -2.23. The number of anilines is 2. The maximum Gasteiger partial charge on any atom is 0.224 e. The second-order valence-electron chi connectivity index (χ2n) is 4.54. The number of rotatable bonds is 3. The SMILES string of the molecule is CNc1nc(C)cc(NC2CCS(=O)(=O)CC2)n1. The van der Waals surface area contributed by atoms with Crippen LogP contribution in [0.2, 0.25) is 0 Å². The van der Waals surface area contributed by atoms with Gasteiger partial charge in [0, 0.05) is 24.8 Å². The highest BCUT2D eigenvalue weighted by atomic mass is 32.2. The average Bonchev–Trinajstić information content (AvgIpc) is 2.31. The number of nitrogens with one attached hydrogen (secondary N) is 2. The lowest BCUT2D eigenvalue weighted by molar-refractivity contribution is 0.559. The Morgan fingerprint density at radius 2 is 1.94 bits per heavy atom. The van der Waals surface area contributed by atoms with Crippen molar-refractivity contribution in [2.24, 2.45) is 0 Å². The Hall–Kier alpha value is -1.37. The number of aromatic nitrogens is 2. The van der Waals surface area contributed by atoms with Gasteiger partial charge < -0.3 is 10.6 Å². The quantitative estimate of drug-likeness (QED) is 0.846. The molecule has 6 nitrogen and oxygen atoms in total. The van der Waals surface area contributed by atoms with Gasteiger partial charge in [0.1, 0.15) is 15.7 Å². The third kappa shape index (κ3) is 3.32. The van der Waals surface area contributed by atoms with Crippen LogP contribution in [-0.2, 0) is 9.84 Å². The van der Waals surface area contributed by atoms with Gasteiger partial charge in [-0.3, -0.25) is 0 Å². The molecule has 2 heterocycles. The van der Waals surface area contributed by atoms with Crippen molar-refractivity contribution >= 4 is 21.6 Å². The molecule has 1 aromatic rings. The predicted octanol–water partition coefficient (Wildman–Crippen LogP) is 0.816. The Kier molecular flexibility index (Phi) is 3.70. The highest BCUT2D eigenvalue weighted by Gasteiger charge is 2.23. The van der Waals surface area contributed by atoms with Crippen LogP contribution in [0.4, 0.5) is 11.8 Å². The molecule has 0 amide bonds. The summed E-state index contributed by atoms with van der Waals surface area (Å²) in [5, 5.41) is 6.18. The lowest BCUT2D eigenvalue weighted by atomic mass is 10.1. The van der Waals surface area contributed by atoms with Gasteiger partial charge >= 0.3 is 0 Å². The van der Waals surface area contributed by atoms with Gasteiger partial charge in [0.2, 0.25) is 5.95 Å². The van der Waals surface area contributed by atoms with E-state index in [-0.39, 0.29) is 17.5 Å². The Bertz CT molecular complexity index is 516. The van der Waals surface area contributed by atoms with E-state index in [9.17, 15) is 8.42 Å². The second kappa shape index (κ2) is 5.09. The highest BCUT2D eigenvalue weighted by molar-refractivity contribution is 7.91. The molecule has 7 heteroatoms. The van der Waals surface area contributed by atoms with Crippen LogP contribution in [0.25, 0.3) is 0 Å². The molecule has 0 aliphatic carbocycles. The summed E-state index contributed by atoms with van der Waals surface area (Å²) in [6, 6.07) is 2.04. The van der Waals surface area contributed by atoms with Crippen molar-refractivity contribution in [1.82, 2.24) is 9.97 Å². The van der Waals surface area contributed by atoms with Gasteiger partial charge in [0.05, 0.1) is 11.5 Å². The van der Waals surface area contributed by atoms with E-state index in [4.69, 9.17) is 0 Å². The van der Waals surface area contributed by atoms with Crippen LogP contribution in [0.3, 0.4) is 0 Å². The molecule has 1 aromatic heterocycles. The third-order valence-electron chi connectivity index (χ3n) is 2.98. The van der Waals surface area contributed by atoms with Crippen LogP contribution < -0.4 is 10.6 Å². The number of nitrogens with zero attached hydrogens (tertiary/aromatic N) is 2. The number of aryl methyl sites for hydroxylation is 1. The molecular formula is C11H18N4O2S. The van der Waals surface area contributed by atoms with E-state index >= 15 is 0 Å². The summed E-state index contributed by atoms with van der Waals surface area (Å²) in [4.78, 5) is 8.51. The van der Waals surface area contributed by atoms with Crippen LogP contribution in [0, 0.1) is 6.92 Å². The molecule has 1 aliphatic heterocycles. The monoisotopic (exact) mass is 270 g/mol. The van der Waals surface area contributed by atoms with Crippen LogP contribution in [0.1, 0.15) is 18.5 Å². The highest BCUT2D eigenvalue weighted by Crippen LogP contribution is 2.17. The smallest absolute Gasteiger partial charge is 0.224 e. The summed E-state index contributed by atoms with van der Waals surface area (Å²) in [5.74, 6) is 1.83. The van der Waals surface area contributed by atoms with E-state index in [1.807, 2.05) is 13.0 Å². The minimum absolute atomic E-state index is 0.174. The number of hydrogen-bond acceptors (Lipinski definition) is 6. The summed E-state index contributed by atoms with van der Waals surface area (Å²) in [6.07, 6.45) is 1.28. The fraction of sp³-hybridized carbons (Fsp3) is 0.636. The maximum atomic E-state index is 11.3. The van der Waals surface area contributed by atoms with E-state index in [1.54, 1.807) is 7.05 Å². The molecule has 2 N–H and O–H groups in total. The molecular weight excluding hydrogens is 252 g/mol. The standard InChI is InChI=1S/C11H18N4O2S/c1-8-7-10(15-11(12-2)13-8)14-9-3-5-18(16,17)6-4-9/h7,9H,3-6H2,1-2H3,(H2,12,13,14,15). The third-order valence-corrected chi connectivity index (χ3v) is 4.70. The maximum absolute atomic E-state index is 11.3. The fourth-order valence-corrected chi connectivity index (χ4v) is 3.49. The molecule has 1 saturated heterocycles. The molecule has 1 fully saturated rings. The first-order chi connectivity index (χ1) is 8.48. The van der Waals surface area contributed by atoms with E-state index in [0.717, 1.165) is 11.5 Å². The molecule has 0 saturated carbocycles. The molecule has 0 bridgehead atoms. The molecule has 0 spiro atoms. The topological polar surface area (TPSA) is 84.0 Å². The zero-order chi connectivity index (χ0) is 13.2. The molecule has 0 unspecified atom stereocenters. The number of hydrogen-bond donors (Lipinski definition) is 2. The molecule has 0 aromatic carbocycles. The first-order valence-electron chi connectivity index (χ1n) is 5.99. The van der Waals surface area contributed by atoms with Crippen molar-refractivity contribution in [2.45, 2.75) is 25.8 Å². The molecule has 0 radical (unpaired) electrons. The lowest BCUT2D eigenvalue weighted by Crippen LogP contribution is -2.32. The first kappa shape index (κ1) is 13.1. The van der Waals surface area contributed by atoms with Gasteiger partial charge in [-0.1, -0.05) is 0 Å². The van der Waals surface area contributed by atoms with Crippen molar-refractivity contribution in [3.05, 3.63) is 11.8 Å². The number of sulfone groups is 1. The van der Waals surface area contributed by atoms with Crippen molar-refractivity contribution in [2.75, 3.05) is 29.2 Å². The Morgan fingerprint density at radius 3 is 2.56 bits per heavy atom. The Labute approximate surface area is 107 Å². The minimum atomic E-state index is -2.81. The van der Waals surface area contributed by atoms with Gasteiger partial charge in [-0.15, -0.1) is 0 Å². The van der Waals surface area contributed by atoms with Gasteiger partial charge in [0.15, 0.2) is 0 Å². The Morgan fingerprint density at radius 1 is 1.28 bits per heavy atom. The van der Waals surface area contributed by atoms with E-state index in [0.29, 0.717) is 18.8 Å². The fourth-order valence-electron chi connectivity index (χ4n) is 2.00. The Balaban J connectivity index is 2.04. The largest absolute Gasteiger partial charge is 0.367 e. The van der Waals surface area contributed by atoms with Crippen molar-refractivity contribution in [3.63, 3.8) is 0 Å². The van der Waals surface area contributed by atoms with Gasteiger partial charge in [-0.2, -0.15) is 4.98 Å². The molecule has 18 heavy (non-hydrogen) atoms. The van der Waals surface area contributed by atoms with Crippen molar-refractivity contribution in [3.8, 4) is 0 Å². The zero-order valence-corrected chi connectivity index (χ0v) is 11.4. The summed E-state index contributed by atoms with van der Waals surface area (Å²) in [5.41, 5.74) is 0.875. The van der Waals surface area contributed by atoms with Gasteiger partial charge in [-0.05, 0) is 19.8 Å². The minimum Gasteiger partial charge on any atom is -0.367 e. The van der Waals surface area contributed by atoms with Crippen molar-refractivity contribution < 1.29 is 8.42 Å². The second-order valence-corrected chi connectivity index (χ2v) is 6.84. The van der Waals surface area contributed by atoms with E-state index in [1.165, 1.54) is 0 Å². The summed E-state index contributed by atoms with van der Waals surface area (Å²) in [6.45, 7) is 1.90. The molecule has 0 atom stereocenters. The van der Waals surface area contributed by atoms with Gasteiger partial charge in [0.25, 0.3) is 0 Å². The van der Waals surface area contributed by atoms with Crippen LogP contribution in [0.5, 0.6) is 0 Å². The molecule has 1 aliphatic rings. The summed E-state index contributed by atoms with van der Waals surface area (Å²) in [7, 11) is -1.04. The zero-order valence-electron chi connectivity index (χ0n) is 10.6. The van der Waals surface area contributed by atoms with Crippen LogP contribution in [-0.4, -0.2) is 43.0 Å². The first-order valence-corrected chi connectivity index (χ1v) is 7.81. The van der Waals surface area contributed by atoms with E-state index < -0.39 is 9.84 Å². The van der Waals surface area contributed by atoms with Crippen LogP contribution in [0.15, 0.2) is 6.07 Å². The summed E-state index contributed by atoms with van der Waals surface area (Å²) >= 11 is 0. The van der Waals surface area contributed by atoms with Crippen LogP contribution >= 0.6 is 0 Å². The van der Waals surface area contributed by atoms with Gasteiger partial charge in [-0.25, -0.2) is 13.4 Å². The van der Waals surface area contributed by atoms with Crippen molar-refractivity contribution in [1.29, 1.82) is 0 Å².